The first-order valence-corrected chi connectivity index (χ1v) is 9.08. The second-order valence-corrected chi connectivity index (χ2v) is 6.55. The number of hydrogen-bond acceptors (Lipinski definition) is 6. The van der Waals surface area contributed by atoms with E-state index >= 15 is 0 Å². The Labute approximate surface area is 159 Å². The van der Waals surface area contributed by atoms with Gasteiger partial charge in [-0.25, -0.2) is 19.3 Å². The second kappa shape index (κ2) is 8.00. The van der Waals surface area contributed by atoms with Crippen molar-refractivity contribution < 1.29 is 9.59 Å². The minimum Gasteiger partial charge on any atom is -0.341 e. The van der Waals surface area contributed by atoms with Crippen molar-refractivity contribution in [1.82, 2.24) is 25.2 Å². The van der Waals surface area contributed by atoms with E-state index in [2.05, 4.69) is 20.6 Å². The van der Waals surface area contributed by atoms with E-state index in [1.54, 1.807) is 36.5 Å². The van der Waals surface area contributed by atoms with Gasteiger partial charge in [-0.2, -0.15) is 0 Å². The number of carbonyl (C=O) groups is 2. The van der Waals surface area contributed by atoms with Crippen molar-refractivity contribution in [2.45, 2.75) is 12.1 Å². The van der Waals surface area contributed by atoms with Crippen molar-refractivity contribution in [2.24, 2.45) is 0 Å². The van der Waals surface area contributed by atoms with Crippen molar-refractivity contribution in [3.05, 3.63) is 58.5 Å². The molecule has 0 unspecified atom stereocenters. The van der Waals surface area contributed by atoms with Gasteiger partial charge in [-0.05, 0) is 30.7 Å². The van der Waals surface area contributed by atoms with E-state index in [4.69, 9.17) is 0 Å². The Morgan fingerprint density at radius 3 is 2.70 bits per heavy atom. The molecule has 2 heterocycles. The van der Waals surface area contributed by atoms with Crippen LogP contribution < -0.4 is 16.2 Å². The third-order valence-corrected chi connectivity index (χ3v) is 4.69. The molecule has 0 bridgehead atoms. The maximum absolute atomic E-state index is 13.1. The number of aromatic nitrogens is 3. The van der Waals surface area contributed by atoms with Gasteiger partial charge in [0.05, 0.1) is 16.7 Å². The Hall–Kier alpha value is -3.20. The molecule has 2 N–H and O–H groups in total. The van der Waals surface area contributed by atoms with Crippen molar-refractivity contribution in [3.8, 4) is 5.82 Å². The van der Waals surface area contributed by atoms with Crippen LogP contribution in [0, 0.1) is 6.92 Å². The van der Waals surface area contributed by atoms with Crippen LogP contribution in [-0.4, -0.2) is 39.3 Å². The molecule has 0 saturated carbocycles. The van der Waals surface area contributed by atoms with Crippen LogP contribution in [0.1, 0.15) is 5.56 Å². The number of benzene rings is 1. The second-order valence-electron chi connectivity index (χ2n) is 5.61. The summed E-state index contributed by atoms with van der Waals surface area (Å²) in [4.78, 5) is 45.1. The molecule has 138 valence electrons. The number of nitrogens with one attached hydrogen (secondary N) is 2. The maximum Gasteiger partial charge on any atom is 0.321 e. The van der Waals surface area contributed by atoms with Gasteiger partial charge in [0.25, 0.3) is 5.56 Å². The summed E-state index contributed by atoms with van der Waals surface area (Å²) in [5.41, 5.74) is 1.06. The molecule has 1 aromatic carbocycles. The predicted molar refractivity (Wildman–Crippen MR) is 103 cm³/mol. The summed E-state index contributed by atoms with van der Waals surface area (Å²) in [6, 6.07) is 10.0. The lowest BCUT2D eigenvalue weighted by molar-refractivity contribution is -0.117. The zero-order chi connectivity index (χ0) is 19.4. The Morgan fingerprint density at radius 1 is 1.19 bits per heavy atom. The molecular formula is C18H17N5O3S. The van der Waals surface area contributed by atoms with E-state index in [0.717, 1.165) is 17.3 Å². The molecule has 0 aliphatic rings. The molecule has 0 aliphatic carbocycles. The average Bonchev–Trinajstić information content (AvgIpc) is 2.67. The maximum atomic E-state index is 13.1. The number of carbonyl (C=O) groups excluding carboxylic acids is 2. The summed E-state index contributed by atoms with van der Waals surface area (Å²) in [5.74, 6) is -0.120. The number of para-hydroxylation sites is 1. The number of rotatable bonds is 4. The Balaban J connectivity index is 2.06. The fourth-order valence-corrected chi connectivity index (χ4v) is 3.26. The highest BCUT2D eigenvalue weighted by Crippen LogP contribution is 2.21. The van der Waals surface area contributed by atoms with Gasteiger partial charge in [-0.1, -0.05) is 30.0 Å². The Bertz CT molecular complexity index is 1080. The van der Waals surface area contributed by atoms with Gasteiger partial charge >= 0.3 is 6.03 Å². The van der Waals surface area contributed by atoms with E-state index < -0.39 is 11.9 Å². The molecule has 9 heteroatoms. The molecule has 3 aromatic rings. The minimum absolute atomic E-state index is 0.0793. The number of nitrogens with zero attached hydrogens (tertiary/aromatic N) is 3. The van der Waals surface area contributed by atoms with Gasteiger partial charge in [-0.3, -0.25) is 14.9 Å². The summed E-state index contributed by atoms with van der Waals surface area (Å²) >= 11 is 1.06. The Morgan fingerprint density at radius 2 is 1.96 bits per heavy atom. The van der Waals surface area contributed by atoms with Gasteiger partial charge in [-0.15, -0.1) is 0 Å². The molecule has 3 rings (SSSR count). The predicted octanol–water partition coefficient (Wildman–Crippen LogP) is 1.64. The van der Waals surface area contributed by atoms with Crippen LogP contribution in [0.2, 0.25) is 0 Å². The Kier molecular flexibility index (Phi) is 5.51. The van der Waals surface area contributed by atoms with E-state index in [1.807, 2.05) is 13.0 Å². The zero-order valence-corrected chi connectivity index (χ0v) is 15.5. The number of aryl methyl sites for hydroxylation is 1. The summed E-state index contributed by atoms with van der Waals surface area (Å²) in [7, 11) is 1.42. The van der Waals surface area contributed by atoms with E-state index in [-0.39, 0.29) is 11.3 Å². The number of thioether (sulfide) groups is 1. The fraction of sp³-hybridized carbons (Fsp3) is 0.167. The minimum atomic E-state index is -0.593. The van der Waals surface area contributed by atoms with Gasteiger partial charge in [0, 0.05) is 13.2 Å². The van der Waals surface area contributed by atoms with Gasteiger partial charge < -0.3 is 5.32 Å². The molecule has 3 amide bonds. The number of pyridine rings is 1. The van der Waals surface area contributed by atoms with Crippen LogP contribution in [0.3, 0.4) is 0 Å². The molecule has 8 nitrogen and oxygen atoms in total. The zero-order valence-electron chi connectivity index (χ0n) is 14.7. The van der Waals surface area contributed by atoms with Crippen LogP contribution in [0.5, 0.6) is 0 Å². The largest absolute Gasteiger partial charge is 0.341 e. The molecule has 0 fully saturated rings. The molecule has 0 radical (unpaired) electrons. The molecule has 0 atom stereocenters. The SMILES string of the molecule is CNC(=O)NC(=O)CSc1nc2ccccc2c(=O)n1-c1ncccc1C. The van der Waals surface area contributed by atoms with Crippen LogP contribution in [0.4, 0.5) is 4.79 Å². The number of imide groups is 1. The van der Waals surface area contributed by atoms with Crippen molar-refractivity contribution in [2.75, 3.05) is 12.8 Å². The van der Waals surface area contributed by atoms with Crippen LogP contribution in [0.25, 0.3) is 16.7 Å². The number of urea groups is 1. The number of hydrogen-bond donors (Lipinski definition) is 2. The highest BCUT2D eigenvalue weighted by Gasteiger charge is 2.17. The number of fused-ring (bicyclic) bond motifs is 1. The van der Waals surface area contributed by atoms with Crippen LogP contribution in [0.15, 0.2) is 52.5 Å². The van der Waals surface area contributed by atoms with Crippen molar-refractivity contribution in [3.63, 3.8) is 0 Å². The topological polar surface area (TPSA) is 106 Å². The lowest BCUT2D eigenvalue weighted by atomic mass is 10.2. The molecule has 0 aliphatic heterocycles. The first kappa shape index (κ1) is 18.6. The van der Waals surface area contributed by atoms with E-state index in [1.165, 1.54) is 11.6 Å². The molecule has 0 spiro atoms. The van der Waals surface area contributed by atoms with Crippen molar-refractivity contribution >= 4 is 34.6 Å². The molecular weight excluding hydrogens is 366 g/mol. The van der Waals surface area contributed by atoms with Gasteiger partial charge in [0.1, 0.15) is 5.82 Å². The third kappa shape index (κ3) is 3.98. The molecule has 0 saturated heterocycles. The summed E-state index contributed by atoms with van der Waals surface area (Å²) in [6.45, 7) is 1.84. The lowest BCUT2D eigenvalue weighted by Gasteiger charge is -2.13. The quantitative estimate of drug-likeness (QED) is 0.524. The van der Waals surface area contributed by atoms with Gasteiger partial charge in [0.15, 0.2) is 5.16 Å². The van der Waals surface area contributed by atoms with Gasteiger partial charge in [0.2, 0.25) is 5.91 Å². The normalized spacial score (nSPS) is 10.6. The van der Waals surface area contributed by atoms with Crippen LogP contribution >= 0.6 is 11.8 Å². The highest BCUT2D eigenvalue weighted by molar-refractivity contribution is 7.99. The number of amides is 3. The lowest BCUT2D eigenvalue weighted by Crippen LogP contribution is -2.38. The fourth-order valence-electron chi connectivity index (χ4n) is 2.46. The monoisotopic (exact) mass is 383 g/mol. The highest BCUT2D eigenvalue weighted by atomic mass is 32.2. The third-order valence-electron chi connectivity index (χ3n) is 3.75. The van der Waals surface area contributed by atoms with E-state index in [0.29, 0.717) is 21.9 Å². The van der Waals surface area contributed by atoms with Crippen molar-refractivity contribution in [1.29, 1.82) is 0 Å². The summed E-state index contributed by atoms with van der Waals surface area (Å²) in [6.07, 6.45) is 1.59. The van der Waals surface area contributed by atoms with Crippen LogP contribution in [-0.2, 0) is 4.79 Å². The standard InChI is InChI=1S/C18H17N5O3S/c1-11-6-5-9-20-15(11)23-16(25)12-7-3-4-8-13(12)21-18(23)27-10-14(24)22-17(26)19-2/h3-9H,10H2,1-2H3,(H2,19,22,24,26). The molecule has 2 aromatic heterocycles. The van der Waals surface area contributed by atoms with E-state index in [9.17, 15) is 14.4 Å². The first-order chi connectivity index (χ1) is 13.0. The smallest absolute Gasteiger partial charge is 0.321 e. The average molecular weight is 383 g/mol. The first-order valence-electron chi connectivity index (χ1n) is 8.09. The summed E-state index contributed by atoms with van der Waals surface area (Å²) < 4.78 is 1.40. The summed E-state index contributed by atoms with van der Waals surface area (Å²) in [5, 5.41) is 5.28. The molecule has 27 heavy (non-hydrogen) atoms.